The lowest BCUT2D eigenvalue weighted by Crippen LogP contribution is -2.24. The molecule has 0 bridgehead atoms. The number of para-hydroxylation sites is 8. The maximum absolute atomic E-state index is 10.2. The molecule has 7 aromatic carbocycles. The van der Waals surface area contributed by atoms with Gasteiger partial charge in [-0.1, -0.05) is 92.1 Å². The number of benzene rings is 7. The summed E-state index contributed by atoms with van der Waals surface area (Å²) in [7, 11) is 0. The molecule has 1 aliphatic carbocycles. The lowest BCUT2D eigenvalue weighted by molar-refractivity contribution is 0.443. The molecule has 2 heterocycles. The predicted octanol–water partition coefficient (Wildman–Crippen LogP) is 14.0. The molecular formula is C50H36N4O2. The van der Waals surface area contributed by atoms with Crippen LogP contribution < -0.4 is 19.3 Å². The van der Waals surface area contributed by atoms with Crippen LogP contribution in [0.25, 0.3) is 22.3 Å². The molecule has 268 valence electrons. The largest absolute Gasteiger partial charge is 0.453 e. The van der Waals surface area contributed by atoms with Crippen LogP contribution in [0.5, 0.6) is 23.0 Å². The summed E-state index contributed by atoms with van der Waals surface area (Å²) in [4.78, 5) is 4.79. The van der Waals surface area contributed by atoms with Crippen LogP contribution in [0.4, 0.5) is 34.1 Å². The third kappa shape index (κ3) is 5.54. The summed E-state index contributed by atoms with van der Waals surface area (Å²) < 4.78 is 13.2. The van der Waals surface area contributed by atoms with Crippen LogP contribution in [-0.4, -0.2) is 0 Å². The average molecular weight is 725 g/mol. The Hall–Kier alpha value is -7.28. The molecule has 0 unspecified atom stereocenters. The fourth-order valence-electron chi connectivity index (χ4n) is 8.79. The normalized spacial score (nSPS) is 14.2. The van der Waals surface area contributed by atoms with Gasteiger partial charge in [-0.05, 0) is 109 Å². The number of ether oxygens (including phenoxy) is 2. The van der Waals surface area contributed by atoms with Crippen LogP contribution in [0.3, 0.4) is 0 Å². The first kappa shape index (κ1) is 33.3. The second-order valence-corrected chi connectivity index (χ2v) is 14.5. The molecule has 0 aromatic heterocycles. The first-order valence-corrected chi connectivity index (χ1v) is 19.2. The molecule has 6 heteroatoms. The number of anilines is 6. The molecule has 0 radical (unpaired) electrons. The van der Waals surface area contributed by atoms with Crippen molar-refractivity contribution in [3.63, 3.8) is 0 Å². The van der Waals surface area contributed by atoms with Crippen molar-refractivity contribution >= 4 is 34.1 Å². The van der Waals surface area contributed by atoms with Crippen LogP contribution in [0, 0.1) is 22.7 Å². The van der Waals surface area contributed by atoms with E-state index < -0.39 is 0 Å². The number of nitrogens with zero attached hydrogens (tertiary/aromatic N) is 4. The van der Waals surface area contributed by atoms with E-state index in [0.29, 0.717) is 11.1 Å². The van der Waals surface area contributed by atoms with Gasteiger partial charge in [-0.25, -0.2) is 0 Å². The van der Waals surface area contributed by atoms with Gasteiger partial charge in [0, 0.05) is 16.7 Å². The van der Waals surface area contributed by atoms with E-state index in [1.165, 1.54) is 12.0 Å². The summed E-state index contributed by atoms with van der Waals surface area (Å²) in [6.07, 6.45) is 5.45. The highest BCUT2D eigenvalue weighted by Gasteiger charge is 2.38. The second-order valence-electron chi connectivity index (χ2n) is 14.5. The Morgan fingerprint density at radius 2 is 0.839 bits per heavy atom. The van der Waals surface area contributed by atoms with Crippen molar-refractivity contribution in [1.29, 1.82) is 10.5 Å². The smallest absolute Gasteiger partial charge is 0.151 e. The van der Waals surface area contributed by atoms with Crippen molar-refractivity contribution < 1.29 is 9.47 Å². The molecule has 3 aliphatic rings. The van der Waals surface area contributed by atoms with Gasteiger partial charge >= 0.3 is 0 Å². The zero-order valence-corrected chi connectivity index (χ0v) is 30.7. The van der Waals surface area contributed by atoms with E-state index in [9.17, 15) is 10.5 Å². The van der Waals surface area contributed by atoms with E-state index in [4.69, 9.17) is 9.47 Å². The van der Waals surface area contributed by atoms with Gasteiger partial charge in [0.25, 0.3) is 0 Å². The highest BCUT2D eigenvalue weighted by atomic mass is 16.5. The minimum Gasteiger partial charge on any atom is -0.453 e. The van der Waals surface area contributed by atoms with Crippen LogP contribution >= 0.6 is 0 Å². The van der Waals surface area contributed by atoms with Gasteiger partial charge in [0.2, 0.25) is 0 Å². The zero-order chi connectivity index (χ0) is 37.6. The molecule has 7 aromatic rings. The lowest BCUT2D eigenvalue weighted by Gasteiger charge is -2.42. The molecule has 56 heavy (non-hydrogen) atoms. The highest BCUT2D eigenvalue weighted by Crippen LogP contribution is 2.62. The quantitative estimate of drug-likeness (QED) is 0.176. The number of hydrogen-bond donors (Lipinski definition) is 0. The summed E-state index contributed by atoms with van der Waals surface area (Å²) in [5.74, 6) is 3.26. The van der Waals surface area contributed by atoms with E-state index in [1.807, 2.05) is 84.9 Å². The number of hydrogen-bond acceptors (Lipinski definition) is 6. The minimum absolute atomic E-state index is 0.176. The van der Waals surface area contributed by atoms with Crippen LogP contribution in [0.2, 0.25) is 0 Å². The summed E-state index contributed by atoms with van der Waals surface area (Å²) >= 11 is 0. The molecule has 2 aliphatic heterocycles. The zero-order valence-electron chi connectivity index (χ0n) is 30.7. The van der Waals surface area contributed by atoms with E-state index in [2.05, 4.69) is 88.7 Å². The van der Waals surface area contributed by atoms with Gasteiger partial charge in [-0.3, -0.25) is 0 Å². The maximum Gasteiger partial charge on any atom is 0.151 e. The van der Waals surface area contributed by atoms with Gasteiger partial charge < -0.3 is 19.3 Å². The monoisotopic (exact) mass is 724 g/mol. The molecule has 0 amide bonds. The van der Waals surface area contributed by atoms with Gasteiger partial charge in [-0.2, -0.15) is 10.5 Å². The summed E-state index contributed by atoms with van der Waals surface area (Å²) in [6, 6.07) is 55.9. The fraction of sp³-hybridized carbons (Fsp3) is 0.120. The Labute approximate surface area is 326 Å². The van der Waals surface area contributed by atoms with Crippen molar-refractivity contribution in [3.05, 3.63) is 168 Å². The fourth-order valence-corrected chi connectivity index (χ4v) is 8.79. The standard InChI is InChI=1S/C50H36N4O2/c51-31-33-14-12-18-36(28-33)38-30-39(37-19-13-15-34(29-37)32-52)50(54-42-22-6-10-26-46(42)56-47-27-11-7-23-43(47)54)48(35-16-2-1-3-17-35)49(38)53-40-20-4-8-24-44(40)55-45-25-9-5-21-41(45)53/h4-15,18-30,35H,1-3,16-17H2. The van der Waals surface area contributed by atoms with Gasteiger partial charge in [0.05, 0.1) is 57.4 Å². The minimum atomic E-state index is 0.176. The van der Waals surface area contributed by atoms with Crippen molar-refractivity contribution in [2.45, 2.75) is 38.0 Å². The number of nitriles is 2. The highest BCUT2D eigenvalue weighted by molar-refractivity contribution is 6.04. The Bertz CT molecular complexity index is 2490. The Morgan fingerprint density at radius 1 is 0.446 bits per heavy atom. The third-order valence-corrected chi connectivity index (χ3v) is 11.2. The first-order chi connectivity index (χ1) is 27.7. The molecule has 1 fully saturated rings. The van der Waals surface area contributed by atoms with Gasteiger partial charge in [0.1, 0.15) is 0 Å². The summed E-state index contributed by atoms with van der Waals surface area (Å²) in [5, 5.41) is 20.4. The van der Waals surface area contributed by atoms with Crippen LogP contribution in [0.15, 0.2) is 152 Å². The Morgan fingerprint density at radius 3 is 1.23 bits per heavy atom. The maximum atomic E-state index is 10.2. The average Bonchev–Trinajstić information content (AvgIpc) is 3.27. The van der Waals surface area contributed by atoms with Gasteiger partial charge in [0.15, 0.2) is 23.0 Å². The predicted molar refractivity (Wildman–Crippen MR) is 222 cm³/mol. The van der Waals surface area contributed by atoms with Crippen molar-refractivity contribution in [3.8, 4) is 57.4 Å². The van der Waals surface area contributed by atoms with Crippen LogP contribution in [0.1, 0.15) is 54.7 Å². The molecule has 6 nitrogen and oxygen atoms in total. The van der Waals surface area contributed by atoms with E-state index >= 15 is 0 Å². The summed E-state index contributed by atoms with van der Waals surface area (Å²) in [5.41, 5.74) is 12.1. The molecule has 10 rings (SSSR count). The lowest BCUT2D eigenvalue weighted by atomic mass is 9.78. The van der Waals surface area contributed by atoms with Crippen molar-refractivity contribution in [1.82, 2.24) is 0 Å². The summed E-state index contributed by atoms with van der Waals surface area (Å²) in [6.45, 7) is 0. The van der Waals surface area contributed by atoms with E-state index in [-0.39, 0.29) is 5.92 Å². The van der Waals surface area contributed by atoms with Gasteiger partial charge in [-0.15, -0.1) is 0 Å². The molecule has 0 N–H and O–H groups in total. The Balaban J connectivity index is 1.43. The van der Waals surface area contributed by atoms with Crippen molar-refractivity contribution in [2.24, 2.45) is 0 Å². The topological polar surface area (TPSA) is 72.5 Å². The van der Waals surface area contributed by atoms with Crippen LogP contribution in [-0.2, 0) is 0 Å². The Kier molecular flexibility index (Phi) is 8.24. The second kappa shape index (κ2) is 13.9. The number of fused-ring (bicyclic) bond motifs is 4. The molecule has 0 atom stereocenters. The molecular weight excluding hydrogens is 689 g/mol. The molecule has 0 saturated heterocycles. The van der Waals surface area contributed by atoms with E-state index in [0.717, 1.165) is 105 Å². The van der Waals surface area contributed by atoms with Crippen molar-refractivity contribution in [2.75, 3.05) is 9.80 Å². The third-order valence-electron chi connectivity index (χ3n) is 11.2. The SMILES string of the molecule is N#Cc1cccc(-c2cc(-c3cccc(C#N)c3)c(N3c4ccccc4Oc4ccccc43)c(C3CCCCC3)c2N2c3ccccc3Oc3ccccc32)c1. The number of rotatable bonds is 5. The first-order valence-electron chi connectivity index (χ1n) is 19.2. The van der Waals surface area contributed by atoms with E-state index in [1.54, 1.807) is 0 Å². The molecule has 0 spiro atoms. The molecule has 1 saturated carbocycles.